The van der Waals surface area contributed by atoms with E-state index >= 15 is 0 Å². The van der Waals surface area contributed by atoms with Crippen LogP contribution in [0.3, 0.4) is 0 Å². The van der Waals surface area contributed by atoms with Crippen molar-refractivity contribution in [2.45, 2.75) is 0 Å². The third kappa shape index (κ3) is 4.06. The van der Waals surface area contributed by atoms with Gasteiger partial charge in [-0.2, -0.15) is 0 Å². The van der Waals surface area contributed by atoms with E-state index in [1.165, 1.54) is 82.3 Å². The maximum Gasteiger partial charge on any atom is 0.0541 e. The van der Waals surface area contributed by atoms with Gasteiger partial charge in [0.15, 0.2) is 0 Å². The Morgan fingerprint density at radius 2 is 0.771 bits per heavy atom. The van der Waals surface area contributed by atoms with Crippen LogP contribution in [0.1, 0.15) is 0 Å². The van der Waals surface area contributed by atoms with Gasteiger partial charge in [-0.05, 0) is 93.7 Å². The maximum absolute atomic E-state index is 2.42. The average molecular weight is 611 g/mol. The number of aromatic nitrogens is 2. The SMILES string of the molecule is c1ccc(-n2c3ccccc3c3cc(-c4ccc5c(c4)c4ccccc4n5-c4cccc(-c5cccc6ccccc56)c4)ccc32)cc1. The van der Waals surface area contributed by atoms with Crippen LogP contribution in [0, 0.1) is 0 Å². The minimum atomic E-state index is 1.16. The van der Waals surface area contributed by atoms with Crippen molar-refractivity contribution in [3.05, 3.63) is 182 Å². The highest BCUT2D eigenvalue weighted by Crippen LogP contribution is 2.39. The van der Waals surface area contributed by atoms with Crippen molar-refractivity contribution in [1.29, 1.82) is 0 Å². The summed E-state index contributed by atoms with van der Waals surface area (Å²) in [6, 6.07) is 66.2. The number of para-hydroxylation sites is 3. The van der Waals surface area contributed by atoms with Gasteiger partial charge in [0.1, 0.15) is 0 Å². The summed E-state index contributed by atoms with van der Waals surface area (Å²) in [5.74, 6) is 0. The molecular formula is C46H30N2. The molecule has 0 N–H and O–H groups in total. The summed E-state index contributed by atoms with van der Waals surface area (Å²) in [5, 5.41) is 7.57. The molecule has 224 valence electrons. The summed E-state index contributed by atoms with van der Waals surface area (Å²) in [7, 11) is 0. The Balaban J connectivity index is 1.14. The van der Waals surface area contributed by atoms with Crippen molar-refractivity contribution < 1.29 is 0 Å². The number of nitrogens with zero attached hydrogens (tertiary/aromatic N) is 2. The lowest BCUT2D eigenvalue weighted by Gasteiger charge is -2.12. The molecule has 0 fully saturated rings. The Morgan fingerprint density at radius 1 is 0.271 bits per heavy atom. The van der Waals surface area contributed by atoms with Crippen molar-refractivity contribution in [3.8, 4) is 33.6 Å². The Bertz CT molecular complexity index is 2830. The highest BCUT2D eigenvalue weighted by atomic mass is 15.0. The van der Waals surface area contributed by atoms with Gasteiger partial charge in [0.2, 0.25) is 0 Å². The first-order valence-corrected chi connectivity index (χ1v) is 16.5. The molecule has 0 bridgehead atoms. The summed E-state index contributed by atoms with van der Waals surface area (Å²) in [6.45, 7) is 0. The molecule has 0 saturated carbocycles. The number of hydrogen-bond acceptors (Lipinski definition) is 0. The molecule has 2 aromatic heterocycles. The van der Waals surface area contributed by atoms with Crippen LogP contribution in [0.2, 0.25) is 0 Å². The molecule has 0 atom stereocenters. The van der Waals surface area contributed by atoms with Gasteiger partial charge in [-0.1, -0.05) is 121 Å². The van der Waals surface area contributed by atoms with Gasteiger partial charge in [-0.25, -0.2) is 0 Å². The number of rotatable bonds is 4. The van der Waals surface area contributed by atoms with E-state index in [-0.39, 0.29) is 0 Å². The Hall–Kier alpha value is -6.38. The summed E-state index contributed by atoms with van der Waals surface area (Å²) >= 11 is 0. The van der Waals surface area contributed by atoms with E-state index in [0.717, 1.165) is 5.69 Å². The number of benzene rings is 8. The number of fused-ring (bicyclic) bond motifs is 7. The molecule has 10 rings (SSSR count). The van der Waals surface area contributed by atoms with Gasteiger partial charge in [0.25, 0.3) is 0 Å². The fraction of sp³-hybridized carbons (Fsp3) is 0. The summed E-state index contributed by atoms with van der Waals surface area (Å²) in [5.41, 5.74) is 12.1. The van der Waals surface area contributed by atoms with Gasteiger partial charge in [-0.3, -0.25) is 0 Å². The second-order valence-electron chi connectivity index (χ2n) is 12.6. The summed E-state index contributed by atoms with van der Waals surface area (Å²) < 4.78 is 4.79. The Labute approximate surface area is 278 Å². The third-order valence-electron chi connectivity index (χ3n) is 9.90. The topological polar surface area (TPSA) is 9.86 Å². The molecule has 10 aromatic rings. The van der Waals surface area contributed by atoms with Gasteiger partial charge < -0.3 is 9.13 Å². The fourth-order valence-electron chi connectivity index (χ4n) is 7.73. The van der Waals surface area contributed by atoms with Crippen molar-refractivity contribution in [3.63, 3.8) is 0 Å². The molecule has 0 spiro atoms. The lowest BCUT2D eigenvalue weighted by molar-refractivity contribution is 1.18. The first-order valence-electron chi connectivity index (χ1n) is 16.5. The molecule has 0 aliphatic rings. The van der Waals surface area contributed by atoms with Crippen molar-refractivity contribution in [2.24, 2.45) is 0 Å². The van der Waals surface area contributed by atoms with Crippen LogP contribution in [0.15, 0.2) is 182 Å². The van der Waals surface area contributed by atoms with Crippen LogP contribution >= 0.6 is 0 Å². The molecule has 0 amide bonds. The second-order valence-corrected chi connectivity index (χ2v) is 12.6. The van der Waals surface area contributed by atoms with E-state index in [0.29, 0.717) is 0 Å². The van der Waals surface area contributed by atoms with Gasteiger partial charge in [0, 0.05) is 32.9 Å². The largest absolute Gasteiger partial charge is 0.309 e. The van der Waals surface area contributed by atoms with Crippen LogP contribution in [0.4, 0.5) is 0 Å². The van der Waals surface area contributed by atoms with Crippen LogP contribution in [0.5, 0.6) is 0 Å². The lowest BCUT2D eigenvalue weighted by Crippen LogP contribution is -1.94. The van der Waals surface area contributed by atoms with Crippen LogP contribution < -0.4 is 0 Å². The highest BCUT2D eigenvalue weighted by Gasteiger charge is 2.16. The van der Waals surface area contributed by atoms with Gasteiger partial charge >= 0.3 is 0 Å². The predicted molar refractivity (Wildman–Crippen MR) is 203 cm³/mol. The molecule has 8 aromatic carbocycles. The maximum atomic E-state index is 2.42. The molecule has 2 nitrogen and oxygen atoms in total. The van der Waals surface area contributed by atoms with Gasteiger partial charge in [-0.15, -0.1) is 0 Å². The monoisotopic (exact) mass is 610 g/mol. The molecule has 0 aliphatic carbocycles. The zero-order chi connectivity index (χ0) is 31.6. The second kappa shape index (κ2) is 10.6. The highest BCUT2D eigenvalue weighted by molar-refractivity contribution is 6.12. The van der Waals surface area contributed by atoms with Crippen molar-refractivity contribution in [2.75, 3.05) is 0 Å². The zero-order valence-corrected chi connectivity index (χ0v) is 26.2. The summed E-state index contributed by atoms with van der Waals surface area (Å²) in [4.78, 5) is 0. The first-order chi connectivity index (χ1) is 23.8. The minimum Gasteiger partial charge on any atom is -0.309 e. The van der Waals surface area contributed by atoms with Crippen LogP contribution in [-0.4, -0.2) is 9.13 Å². The zero-order valence-electron chi connectivity index (χ0n) is 26.2. The van der Waals surface area contributed by atoms with E-state index < -0.39 is 0 Å². The van der Waals surface area contributed by atoms with Crippen LogP contribution in [-0.2, 0) is 0 Å². The molecule has 0 saturated heterocycles. The van der Waals surface area contributed by atoms with E-state index in [1.807, 2.05) is 0 Å². The van der Waals surface area contributed by atoms with Crippen LogP contribution in [0.25, 0.3) is 88.0 Å². The lowest BCUT2D eigenvalue weighted by atomic mass is 9.98. The normalized spacial score (nSPS) is 11.8. The third-order valence-corrected chi connectivity index (χ3v) is 9.90. The van der Waals surface area contributed by atoms with E-state index in [1.54, 1.807) is 0 Å². The Morgan fingerprint density at radius 3 is 1.46 bits per heavy atom. The average Bonchev–Trinajstić information content (AvgIpc) is 3.67. The van der Waals surface area contributed by atoms with E-state index in [2.05, 4.69) is 191 Å². The predicted octanol–water partition coefficient (Wildman–Crippen LogP) is 12.4. The molecule has 0 radical (unpaired) electrons. The number of hydrogen-bond donors (Lipinski definition) is 0. The standard InChI is InChI=1S/C46H30N2/c1-2-15-35(16-3-1)47-43-22-8-6-19-39(43)41-29-32(24-26-45(41)47)33-25-27-46-42(30-33)40-20-7-9-23-44(40)48(46)36-17-10-14-34(28-36)38-21-11-13-31-12-4-5-18-37(31)38/h1-30H. The van der Waals surface area contributed by atoms with E-state index in [9.17, 15) is 0 Å². The summed E-state index contributed by atoms with van der Waals surface area (Å²) in [6.07, 6.45) is 0. The van der Waals surface area contributed by atoms with E-state index in [4.69, 9.17) is 0 Å². The Kier molecular flexibility index (Phi) is 5.91. The minimum absolute atomic E-state index is 1.16. The van der Waals surface area contributed by atoms with Crippen molar-refractivity contribution in [1.82, 2.24) is 9.13 Å². The fourth-order valence-corrected chi connectivity index (χ4v) is 7.73. The molecule has 48 heavy (non-hydrogen) atoms. The molecule has 0 aliphatic heterocycles. The smallest absolute Gasteiger partial charge is 0.0541 e. The van der Waals surface area contributed by atoms with Crippen molar-refractivity contribution >= 4 is 54.4 Å². The molecular weight excluding hydrogens is 581 g/mol. The quantitative estimate of drug-likeness (QED) is 0.188. The molecule has 0 unspecified atom stereocenters. The first kappa shape index (κ1) is 26.8. The van der Waals surface area contributed by atoms with Gasteiger partial charge in [0.05, 0.1) is 22.1 Å². The molecule has 2 heterocycles. The molecule has 2 heteroatoms.